The minimum atomic E-state index is -1.05. The van der Waals surface area contributed by atoms with Gasteiger partial charge in [-0.15, -0.1) is 5.10 Å². The van der Waals surface area contributed by atoms with Crippen LogP contribution in [-0.2, 0) is 17.9 Å². The third-order valence-corrected chi connectivity index (χ3v) is 7.12. The molecule has 1 heterocycles. The minimum Gasteiger partial charge on any atom is -0.489 e. The van der Waals surface area contributed by atoms with Crippen LogP contribution in [0.3, 0.4) is 0 Å². The van der Waals surface area contributed by atoms with Gasteiger partial charge in [-0.05, 0) is 72.9 Å². The van der Waals surface area contributed by atoms with Crippen molar-refractivity contribution in [2.75, 3.05) is 0 Å². The fraction of sp³-hybridized carbons (Fsp3) is 0.250. The molecule has 3 atom stereocenters. The molecule has 9 heteroatoms. The maximum atomic E-state index is 13.3. The Balaban J connectivity index is 1.29. The number of halogens is 1. The second kappa shape index (κ2) is 10.5. The smallest absolute Gasteiger partial charge is 0.307 e. The third kappa shape index (κ3) is 5.24. The van der Waals surface area contributed by atoms with Gasteiger partial charge in [0, 0.05) is 16.5 Å². The van der Waals surface area contributed by atoms with Gasteiger partial charge in [-0.2, -0.15) is 0 Å². The molecule has 1 saturated carbocycles. The predicted octanol–water partition coefficient (Wildman–Crippen LogP) is 4.63. The van der Waals surface area contributed by atoms with E-state index in [1.165, 1.54) is 4.68 Å². The van der Waals surface area contributed by atoms with Crippen LogP contribution in [0.25, 0.3) is 10.9 Å². The molecule has 8 nitrogen and oxygen atoms in total. The zero-order valence-electron chi connectivity index (χ0n) is 19.8. The third-order valence-electron chi connectivity index (χ3n) is 6.88. The van der Waals surface area contributed by atoms with Gasteiger partial charge in [0.05, 0.1) is 17.8 Å². The molecule has 0 spiro atoms. The molecule has 0 aliphatic heterocycles. The summed E-state index contributed by atoms with van der Waals surface area (Å²) in [4.78, 5) is 38.4. The normalized spacial score (nSPS) is 19.1. The Morgan fingerprint density at radius 2 is 1.81 bits per heavy atom. The molecule has 188 valence electrons. The molecule has 1 fully saturated rings. The van der Waals surface area contributed by atoms with Gasteiger partial charge in [0.1, 0.15) is 17.9 Å². The van der Waals surface area contributed by atoms with Crippen molar-refractivity contribution >= 4 is 34.3 Å². The van der Waals surface area contributed by atoms with Crippen molar-refractivity contribution in [2.45, 2.75) is 26.0 Å². The first kappa shape index (κ1) is 24.6. The first-order valence-electron chi connectivity index (χ1n) is 12.0. The van der Waals surface area contributed by atoms with Gasteiger partial charge in [0.2, 0.25) is 0 Å². The molecular formula is C28H24ClN3O5. The molecular weight excluding hydrogens is 494 g/mol. The largest absolute Gasteiger partial charge is 0.489 e. The highest BCUT2D eigenvalue weighted by molar-refractivity contribution is 6.30. The quantitative estimate of drug-likeness (QED) is 0.339. The fourth-order valence-electron chi connectivity index (χ4n) is 5.04. The van der Waals surface area contributed by atoms with Crippen LogP contribution in [-0.4, -0.2) is 31.9 Å². The maximum Gasteiger partial charge on any atom is 0.307 e. The molecule has 0 radical (unpaired) electrons. The van der Waals surface area contributed by atoms with Crippen LogP contribution < -0.4 is 10.3 Å². The number of Topliss-reactive ketones (excluding diaryl/α,β-unsaturated/α-hetero) is 1. The van der Waals surface area contributed by atoms with Crippen LogP contribution in [0.1, 0.15) is 28.8 Å². The molecule has 3 unspecified atom stereocenters. The summed E-state index contributed by atoms with van der Waals surface area (Å²) in [5.41, 5.74) is 1.51. The maximum absolute atomic E-state index is 13.3. The molecule has 37 heavy (non-hydrogen) atoms. The van der Waals surface area contributed by atoms with Crippen molar-refractivity contribution < 1.29 is 19.4 Å². The number of ether oxygens (including phenoxy) is 1. The van der Waals surface area contributed by atoms with E-state index in [0.717, 1.165) is 5.56 Å². The summed E-state index contributed by atoms with van der Waals surface area (Å²) in [6.07, 6.45) is 0.915. The van der Waals surface area contributed by atoms with Crippen molar-refractivity contribution in [3.05, 3.63) is 99.3 Å². The Morgan fingerprint density at radius 3 is 2.57 bits per heavy atom. The summed E-state index contributed by atoms with van der Waals surface area (Å²) >= 11 is 6.01. The molecule has 1 aliphatic carbocycles. The zero-order chi connectivity index (χ0) is 25.9. The van der Waals surface area contributed by atoms with E-state index in [4.69, 9.17) is 16.3 Å². The number of carboxylic acids is 1. The number of hydrogen-bond donors (Lipinski definition) is 1. The summed E-state index contributed by atoms with van der Waals surface area (Å²) < 4.78 is 6.99. The molecule has 1 aromatic heterocycles. The first-order valence-corrected chi connectivity index (χ1v) is 12.4. The number of nitrogens with zero attached hydrogens (tertiary/aromatic N) is 3. The number of aromatic nitrogens is 3. The van der Waals surface area contributed by atoms with Gasteiger partial charge in [0.15, 0.2) is 5.78 Å². The lowest BCUT2D eigenvalue weighted by Crippen LogP contribution is -2.34. The van der Waals surface area contributed by atoms with Crippen molar-refractivity contribution in [1.29, 1.82) is 0 Å². The van der Waals surface area contributed by atoms with E-state index in [1.54, 1.807) is 54.6 Å². The Labute approximate surface area is 217 Å². The Kier molecular flexibility index (Phi) is 7.01. The lowest BCUT2D eigenvalue weighted by atomic mass is 9.84. The highest BCUT2D eigenvalue weighted by Gasteiger charge is 2.45. The monoisotopic (exact) mass is 517 g/mol. The summed E-state index contributed by atoms with van der Waals surface area (Å²) in [7, 11) is 0. The van der Waals surface area contributed by atoms with Crippen molar-refractivity contribution in [3.8, 4) is 5.75 Å². The van der Waals surface area contributed by atoms with Crippen LogP contribution in [0.2, 0.25) is 5.02 Å². The van der Waals surface area contributed by atoms with Crippen LogP contribution >= 0.6 is 11.6 Å². The molecule has 3 aromatic carbocycles. The van der Waals surface area contributed by atoms with Gasteiger partial charge in [-0.1, -0.05) is 41.1 Å². The van der Waals surface area contributed by atoms with Crippen molar-refractivity contribution in [2.24, 2.45) is 17.8 Å². The van der Waals surface area contributed by atoms with Crippen molar-refractivity contribution in [3.63, 3.8) is 0 Å². The van der Waals surface area contributed by atoms with Gasteiger partial charge < -0.3 is 9.84 Å². The molecule has 0 bridgehead atoms. The topological polar surface area (TPSA) is 111 Å². The Morgan fingerprint density at radius 1 is 1.03 bits per heavy atom. The molecule has 0 saturated heterocycles. The average Bonchev–Trinajstić information content (AvgIpc) is 3.33. The number of carboxylic acid groups (broad SMARTS) is 1. The molecule has 1 N–H and O–H groups in total. The van der Waals surface area contributed by atoms with Crippen LogP contribution in [0.4, 0.5) is 0 Å². The highest BCUT2D eigenvalue weighted by atomic mass is 35.5. The molecule has 1 aliphatic rings. The second-order valence-electron chi connectivity index (χ2n) is 9.21. The van der Waals surface area contributed by atoms with Crippen LogP contribution in [0.15, 0.2) is 77.6 Å². The number of benzene rings is 3. The Bertz CT molecular complexity index is 1520. The van der Waals surface area contributed by atoms with Gasteiger partial charge >= 0.3 is 5.97 Å². The lowest BCUT2D eigenvalue weighted by Gasteiger charge is -2.20. The standard InChI is InChI=1S/C28H24ClN3O5/c29-20-5-3-4-17(14-20)16-37-21-11-8-18(9-12-21)26(33)23-13-10-19(25(23)28(35)36)15-32-27(34)22-6-1-2-7-24(22)30-31-32/h1-9,11-12,14,19,23,25H,10,13,15-16H2,(H,35,36). The van der Waals surface area contributed by atoms with E-state index in [0.29, 0.717) is 46.7 Å². The van der Waals surface area contributed by atoms with E-state index < -0.39 is 23.7 Å². The highest BCUT2D eigenvalue weighted by Crippen LogP contribution is 2.40. The van der Waals surface area contributed by atoms with Crippen molar-refractivity contribution in [1.82, 2.24) is 15.0 Å². The summed E-state index contributed by atoms with van der Waals surface area (Å²) in [6, 6.07) is 20.9. The summed E-state index contributed by atoms with van der Waals surface area (Å²) in [5, 5.41) is 19.1. The molecule has 5 rings (SSSR count). The summed E-state index contributed by atoms with van der Waals surface area (Å²) in [6.45, 7) is 0.421. The SMILES string of the molecule is O=C(c1ccc(OCc2cccc(Cl)c2)cc1)C1CCC(Cn2nnc3ccccc3c2=O)C1C(=O)O. The second-order valence-corrected chi connectivity index (χ2v) is 9.65. The van der Waals surface area contributed by atoms with Crippen LogP contribution in [0.5, 0.6) is 5.75 Å². The van der Waals surface area contributed by atoms with Gasteiger partial charge in [-0.25, -0.2) is 4.68 Å². The Hall–Kier alpha value is -4.04. The molecule has 0 amide bonds. The minimum absolute atomic E-state index is 0.0910. The lowest BCUT2D eigenvalue weighted by molar-refractivity contribution is -0.144. The number of ketones is 1. The number of hydrogen-bond acceptors (Lipinski definition) is 6. The molecule has 4 aromatic rings. The number of rotatable bonds is 8. The summed E-state index contributed by atoms with van der Waals surface area (Å²) in [5.74, 6) is -2.72. The number of carbonyl (C=O) groups is 2. The number of aliphatic carboxylic acids is 1. The van der Waals surface area contributed by atoms with Gasteiger partial charge in [-0.3, -0.25) is 14.4 Å². The van der Waals surface area contributed by atoms with Gasteiger partial charge in [0.25, 0.3) is 5.56 Å². The predicted molar refractivity (Wildman–Crippen MR) is 138 cm³/mol. The fourth-order valence-corrected chi connectivity index (χ4v) is 5.25. The van der Waals surface area contributed by atoms with E-state index in [2.05, 4.69) is 10.3 Å². The zero-order valence-corrected chi connectivity index (χ0v) is 20.5. The van der Waals surface area contributed by atoms with E-state index in [9.17, 15) is 19.5 Å². The number of carbonyl (C=O) groups excluding carboxylic acids is 1. The average molecular weight is 518 g/mol. The van der Waals surface area contributed by atoms with E-state index in [-0.39, 0.29) is 17.9 Å². The van der Waals surface area contributed by atoms with E-state index >= 15 is 0 Å². The van der Waals surface area contributed by atoms with Crippen LogP contribution in [0, 0.1) is 17.8 Å². The number of fused-ring (bicyclic) bond motifs is 1. The first-order chi connectivity index (χ1) is 17.9. The van der Waals surface area contributed by atoms with E-state index in [1.807, 2.05) is 18.2 Å².